The van der Waals surface area contributed by atoms with Crippen molar-refractivity contribution in [3.05, 3.63) is 125 Å². The van der Waals surface area contributed by atoms with E-state index in [9.17, 15) is 49.3 Å². The van der Waals surface area contributed by atoms with Crippen molar-refractivity contribution in [1.82, 2.24) is 31.1 Å². The highest BCUT2D eigenvalue weighted by Crippen LogP contribution is 2.67. The van der Waals surface area contributed by atoms with Gasteiger partial charge in [0, 0.05) is 114 Å². The SMILES string of the molecule is C.C.CCCC(=O)Oc1cc2c(cc1OC)[C@@]1(CS[C@@H]3c4c(OC(C)=O)c(C)c5c(c4[C@H](COC1=O)N1C3[C@@H]3N[C@@H](Cc4cc(C)c(OC)c(O)c43)[C@@H]1C#N)OCO5)NCC2.CCCC(=O)Oc1cc2c(cc1OC)[C@@]1(CS[C@@H]3c4c(OC(C)=O)c(C)c5c(c4[C@H](COC1=O)N1C3[C@@H]3N[C@@H](Cc4cc(C)c(OC)c(O)c43)[C@@H]1O)OCO5)NCC2. The molecule has 4 fully saturated rings. The minimum atomic E-state index is -1.40. The van der Waals surface area contributed by atoms with Crippen LogP contribution in [0.25, 0.3) is 0 Å². The van der Waals surface area contributed by atoms with Gasteiger partial charge >= 0.3 is 35.8 Å². The van der Waals surface area contributed by atoms with Crippen molar-refractivity contribution in [1.29, 1.82) is 5.26 Å². The van der Waals surface area contributed by atoms with Crippen molar-refractivity contribution in [3.63, 3.8) is 0 Å². The fourth-order valence-electron chi connectivity index (χ4n) is 20.3. The van der Waals surface area contributed by atoms with Crippen molar-refractivity contribution in [2.75, 3.05) is 79.8 Å². The number of carbonyl (C=O) groups is 6. The summed E-state index contributed by atoms with van der Waals surface area (Å²) < 4.78 is 84.0. The molecular weight excluding hydrogens is 1580 g/mol. The molecule has 0 aliphatic carbocycles. The Kier molecular flexibility index (Phi) is 23.0. The lowest BCUT2D eigenvalue weighted by molar-refractivity contribution is -0.164. The van der Waals surface area contributed by atoms with Gasteiger partial charge in [-0.3, -0.25) is 39.6 Å². The topological polar surface area (TPSA) is 371 Å². The molecule has 14 atom stereocenters. The number of carbonyl (C=O) groups excluding carboxylic acids is 6. The number of nitriles is 1. The molecule has 6 aromatic rings. The quantitative estimate of drug-likeness (QED) is 0.0442. The van der Waals surface area contributed by atoms with Gasteiger partial charge < -0.3 is 92.3 Å². The molecule has 0 saturated carbocycles. The van der Waals surface area contributed by atoms with E-state index in [1.165, 1.54) is 65.8 Å². The largest absolute Gasteiger partial charge is 0.504 e. The number of benzene rings is 6. The van der Waals surface area contributed by atoms with Gasteiger partial charge in [-0.15, -0.1) is 23.5 Å². The number of rotatable bonds is 12. The lowest BCUT2D eigenvalue weighted by Crippen LogP contribution is -2.69. The minimum Gasteiger partial charge on any atom is -0.504 e. The molecule has 0 aromatic heterocycles. The number of thioether (sulfide) groups is 2. The Hall–Kier alpha value is -9.95. The van der Waals surface area contributed by atoms with Crippen LogP contribution in [0, 0.1) is 39.0 Å². The van der Waals surface area contributed by atoms with Gasteiger partial charge in [-0.25, -0.2) is 9.59 Å². The average molecular weight is 1680 g/mol. The first-order chi connectivity index (χ1) is 56.4. The molecule has 6 aromatic carbocycles. The number of phenolic OH excluding ortho intramolecular Hbond substituents is 2. The molecule has 32 heteroatoms. The van der Waals surface area contributed by atoms with Crippen molar-refractivity contribution in [2.24, 2.45) is 0 Å². The molecule has 634 valence electrons. The van der Waals surface area contributed by atoms with Crippen LogP contribution < -0.4 is 78.1 Å². The maximum absolute atomic E-state index is 14.9. The van der Waals surface area contributed by atoms with E-state index in [0.717, 1.165) is 33.4 Å². The van der Waals surface area contributed by atoms with Crippen molar-refractivity contribution in [2.45, 2.75) is 204 Å². The van der Waals surface area contributed by atoms with E-state index in [0.29, 0.717) is 165 Å². The van der Waals surface area contributed by atoms with Gasteiger partial charge in [0.1, 0.15) is 37.0 Å². The highest BCUT2D eigenvalue weighted by molar-refractivity contribution is 7.99. The molecule has 30 nitrogen and oxygen atoms in total. The van der Waals surface area contributed by atoms with E-state index in [-0.39, 0.29) is 107 Å². The normalized spacial score (nSPS) is 27.1. The first-order valence-corrected chi connectivity index (χ1v) is 41.6. The molecule has 2 spiro atoms. The molecule has 4 saturated heterocycles. The molecular formula is C87H101N7O23S2. The third-order valence-corrected chi connectivity index (χ3v) is 28.0. The number of nitrogens with one attached hydrogen (secondary N) is 4. The third kappa shape index (κ3) is 13.3. The molecule has 14 aliphatic heterocycles. The smallest absolute Gasteiger partial charge is 0.331 e. The van der Waals surface area contributed by atoms with Crippen LogP contribution in [0.15, 0.2) is 36.4 Å². The third-order valence-electron chi connectivity index (χ3n) is 25.0. The van der Waals surface area contributed by atoms with E-state index in [1.54, 1.807) is 24.3 Å². The van der Waals surface area contributed by atoms with E-state index in [4.69, 9.17) is 66.3 Å². The number of aromatic hydroxyl groups is 2. The van der Waals surface area contributed by atoms with Crippen LogP contribution in [0.1, 0.15) is 192 Å². The van der Waals surface area contributed by atoms with Crippen molar-refractivity contribution in [3.8, 4) is 86.6 Å². The predicted molar refractivity (Wildman–Crippen MR) is 435 cm³/mol. The zero-order valence-electron chi connectivity index (χ0n) is 66.9. The highest BCUT2D eigenvalue weighted by Gasteiger charge is 2.63. The molecule has 0 amide bonds. The van der Waals surface area contributed by atoms with Crippen LogP contribution in [-0.2, 0) is 75.0 Å². The number of hydrogen-bond acceptors (Lipinski definition) is 32. The lowest BCUT2D eigenvalue weighted by Gasteiger charge is -2.59. The predicted octanol–water partition coefficient (Wildman–Crippen LogP) is 9.99. The number of aryl methyl sites for hydroxylation is 2. The molecule has 14 heterocycles. The summed E-state index contributed by atoms with van der Waals surface area (Å²) in [5, 5.41) is 60.7. The van der Waals surface area contributed by atoms with Crippen LogP contribution >= 0.6 is 23.5 Å². The van der Waals surface area contributed by atoms with E-state index in [2.05, 4.69) is 32.2 Å². The van der Waals surface area contributed by atoms with Gasteiger partial charge in [0.2, 0.25) is 13.6 Å². The number of nitrogens with zero attached hydrogens (tertiary/aromatic N) is 3. The summed E-state index contributed by atoms with van der Waals surface area (Å²) >= 11 is 2.91. The maximum atomic E-state index is 14.9. The number of aliphatic hydroxyl groups is 1. The Morgan fingerprint density at radius 3 is 1.38 bits per heavy atom. The van der Waals surface area contributed by atoms with Gasteiger partial charge in [-0.1, -0.05) is 40.8 Å². The second-order valence-corrected chi connectivity index (χ2v) is 33.8. The number of esters is 6. The monoisotopic (exact) mass is 1680 g/mol. The Labute approximate surface area is 698 Å². The summed E-state index contributed by atoms with van der Waals surface area (Å²) in [6.07, 6.45) is 2.60. The first-order valence-electron chi connectivity index (χ1n) is 39.5. The maximum Gasteiger partial charge on any atom is 0.331 e. The van der Waals surface area contributed by atoms with E-state index < -0.39 is 100 Å². The number of piperazine rings is 2. The van der Waals surface area contributed by atoms with E-state index in [1.807, 2.05) is 58.6 Å². The van der Waals surface area contributed by atoms with E-state index >= 15 is 0 Å². The van der Waals surface area contributed by atoms with Gasteiger partial charge in [0.15, 0.2) is 80.1 Å². The van der Waals surface area contributed by atoms with Crippen molar-refractivity contribution >= 4 is 59.3 Å². The lowest BCUT2D eigenvalue weighted by atomic mass is 9.72. The summed E-state index contributed by atoms with van der Waals surface area (Å²) in [4.78, 5) is 85.0. The Morgan fingerprint density at radius 2 is 0.958 bits per heavy atom. The molecule has 0 radical (unpaired) electrons. The van der Waals surface area contributed by atoms with Crippen molar-refractivity contribution < 1.29 is 110 Å². The number of ether oxygens (including phenoxy) is 14. The van der Waals surface area contributed by atoms with Crippen LogP contribution in [0.2, 0.25) is 0 Å². The second-order valence-electron chi connectivity index (χ2n) is 31.6. The average Bonchev–Trinajstić information content (AvgIpc) is 1.52. The minimum absolute atomic E-state index is 0. The molecule has 14 aliphatic rings. The molecule has 2 unspecified atom stereocenters. The summed E-state index contributed by atoms with van der Waals surface area (Å²) in [5.74, 6) is 1.59. The summed E-state index contributed by atoms with van der Waals surface area (Å²) in [6.45, 7) is 14.2. The van der Waals surface area contributed by atoms with Crippen LogP contribution in [0.3, 0.4) is 0 Å². The van der Waals surface area contributed by atoms with Gasteiger partial charge in [-0.2, -0.15) is 5.26 Å². The van der Waals surface area contributed by atoms with Gasteiger partial charge in [-0.05, 0) is 135 Å². The standard InChI is InChI=1S/C43H46N4O11S.C42H47N3O12S.2CH4/c1-7-8-30(49)58-29-13-22-9-10-45-43(24(22)14-28(29)52-5)17-59-41-33-32(40-39(55-18-56-40)20(3)38(33)57-21(4)48)27(16-54-42(43)51)47-26(15-44)25-12-23-11-19(2)37(53-6)36(50)31(23)34(46-25)35(41)47;1-7-8-28(47)57-27-13-21-9-10-43-42(23(21)14-26(27)51-5)16-58-39-31-30(38-37(54-17-55-38)19(3)36(31)56-20(4)46)25(15-53-41(42)50)45-33(39)32-29-22(12-24(44-32)40(45)49)11-18(2)35(52-6)34(29)48;;/h11,13-14,25-27,34-35,41,45-46,50H,7-10,12,16-18H2,1-6H3;11,13-14,24-25,32-33,39-40,43-44,48-49H,7-10,12,15-17H2,1-6H3;2*1H4/t25-,26-,27-,34+,35?,41+,43+;24-,25-,32+,33?,39+,40-,42+;;/m00../s1. The fraction of sp³-hybridized carbons (Fsp3) is 0.506. The number of fused-ring (bicyclic) bond motifs is 18. The first kappa shape index (κ1) is 84.1. The Morgan fingerprint density at radius 1 is 0.538 bits per heavy atom. The van der Waals surface area contributed by atoms with Crippen LogP contribution in [-0.4, -0.2) is 177 Å². The Bertz CT molecular complexity index is 5230. The van der Waals surface area contributed by atoms with Gasteiger partial charge in [0.05, 0.1) is 75.2 Å². The van der Waals surface area contributed by atoms with Crippen LogP contribution in [0.5, 0.6) is 80.5 Å². The zero-order valence-corrected chi connectivity index (χ0v) is 68.5. The zero-order chi connectivity index (χ0) is 82.3. The second kappa shape index (κ2) is 32.5. The summed E-state index contributed by atoms with van der Waals surface area (Å²) in [7, 11) is 6.02. The summed E-state index contributed by atoms with van der Waals surface area (Å²) in [5.41, 5.74) is 8.40. The molecule has 7 N–H and O–H groups in total. The number of aliphatic hydroxyl groups excluding tert-OH is 1. The molecule has 8 bridgehead atoms. The number of hydrogen-bond donors (Lipinski definition) is 7. The molecule has 20 rings (SSSR count). The summed E-state index contributed by atoms with van der Waals surface area (Å²) in [6, 6.07) is 8.25. The number of methoxy groups -OCH3 is 4. The molecule has 119 heavy (non-hydrogen) atoms. The highest BCUT2D eigenvalue weighted by atomic mass is 32.2. The van der Waals surface area contributed by atoms with Crippen LogP contribution in [0.4, 0.5) is 0 Å². The Balaban J connectivity index is 0.000000183. The number of phenols is 2. The van der Waals surface area contributed by atoms with Gasteiger partial charge in [0.25, 0.3) is 0 Å². The fourth-order valence-corrected chi connectivity index (χ4v) is 23.7.